The van der Waals surface area contributed by atoms with Crippen molar-refractivity contribution in [2.45, 2.75) is 51.4 Å². The second-order valence-corrected chi connectivity index (χ2v) is 7.28. The van der Waals surface area contributed by atoms with Crippen LogP contribution in [0.25, 0.3) is 0 Å². The predicted molar refractivity (Wildman–Crippen MR) is 81.1 cm³/mol. The van der Waals surface area contributed by atoms with Crippen molar-refractivity contribution in [3.05, 3.63) is 11.8 Å². The van der Waals surface area contributed by atoms with E-state index in [4.69, 9.17) is 4.74 Å². The third-order valence-corrected chi connectivity index (χ3v) is 4.65. The first-order valence-corrected chi connectivity index (χ1v) is 7.86. The molecule has 0 aromatic carbocycles. The third-order valence-electron chi connectivity index (χ3n) is 3.11. The van der Waals surface area contributed by atoms with Crippen LogP contribution in [0.1, 0.15) is 39.3 Å². The normalized spacial score (nSPS) is 22.8. The number of nitrogens with one attached hydrogen (secondary N) is 1. The van der Waals surface area contributed by atoms with E-state index in [0.717, 1.165) is 12.2 Å². The molecule has 1 saturated heterocycles. The summed E-state index contributed by atoms with van der Waals surface area (Å²) in [6.07, 6.45) is 2.69. The van der Waals surface area contributed by atoms with Gasteiger partial charge in [-0.15, -0.1) is 0 Å². The molecular weight excluding hydrogens is 258 g/mol. The standard InChI is InChI=1S/C14H23N3OS/c1-10(2)18-12-8-11(3)16-13(17-12)15-9-14(4)6-5-7-19-14/h8,10H,5-7,9H2,1-4H3,(H,15,16,17). The van der Waals surface area contributed by atoms with E-state index < -0.39 is 0 Å². The van der Waals surface area contributed by atoms with Crippen molar-refractivity contribution in [1.29, 1.82) is 0 Å². The third kappa shape index (κ3) is 4.27. The highest BCUT2D eigenvalue weighted by Crippen LogP contribution is 2.37. The maximum absolute atomic E-state index is 5.64. The van der Waals surface area contributed by atoms with E-state index in [0.29, 0.717) is 16.6 Å². The van der Waals surface area contributed by atoms with Gasteiger partial charge in [0.25, 0.3) is 0 Å². The lowest BCUT2D eigenvalue weighted by molar-refractivity contribution is 0.232. The summed E-state index contributed by atoms with van der Waals surface area (Å²) in [5.41, 5.74) is 0.928. The van der Waals surface area contributed by atoms with Crippen LogP contribution in [0.15, 0.2) is 6.07 Å². The summed E-state index contributed by atoms with van der Waals surface area (Å²) in [5.74, 6) is 2.58. The molecule has 1 N–H and O–H groups in total. The summed E-state index contributed by atoms with van der Waals surface area (Å²) in [4.78, 5) is 8.83. The molecule has 0 radical (unpaired) electrons. The molecule has 0 amide bonds. The number of nitrogens with zero attached hydrogens (tertiary/aromatic N) is 2. The lowest BCUT2D eigenvalue weighted by atomic mass is 10.1. The first-order chi connectivity index (χ1) is 8.97. The Morgan fingerprint density at radius 3 is 2.89 bits per heavy atom. The van der Waals surface area contributed by atoms with Gasteiger partial charge in [0.15, 0.2) is 0 Å². The Morgan fingerprint density at radius 1 is 1.47 bits per heavy atom. The van der Waals surface area contributed by atoms with E-state index >= 15 is 0 Å². The van der Waals surface area contributed by atoms with Gasteiger partial charge < -0.3 is 10.1 Å². The molecular formula is C14H23N3OS. The molecule has 0 bridgehead atoms. The first kappa shape index (κ1) is 14.4. The van der Waals surface area contributed by atoms with Crippen molar-refractivity contribution in [2.24, 2.45) is 0 Å². The highest BCUT2D eigenvalue weighted by molar-refractivity contribution is 8.00. The average Bonchev–Trinajstić information content (AvgIpc) is 2.73. The minimum absolute atomic E-state index is 0.130. The van der Waals surface area contributed by atoms with Crippen molar-refractivity contribution >= 4 is 17.7 Å². The Morgan fingerprint density at radius 2 is 2.26 bits per heavy atom. The quantitative estimate of drug-likeness (QED) is 0.897. The van der Waals surface area contributed by atoms with Gasteiger partial charge in [-0.1, -0.05) is 0 Å². The Bertz CT molecular complexity index is 431. The summed E-state index contributed by atoms with van der Waals surface area (Å²) in [6, 6.07) is 1.87. The molecule has 1 unspecified atom stereocenters. The van der Waals surface area contributed by atoms with Crippen LogP contribution in [0.2, 0.25) is 0 Å². The van der Waals surface area contributed by atoms with Gasteiger partial charge in [0.1, 0.15) is 0 Å². The number of thioether (sulfide) groups is 1. The van der Waals surface area contributed by atoms with Crippen molar-refractivity contribution in [3.63, 3.8) is 0 Å². The van der Waals surface area contributed by atoms with Crippen LogP contribution >= 0.6 is 11.8 Å². The lowest BCUT2D eigenvalue weighted by Crippen LogP contribution is -2.27. The fourth-order valence-corrected chi connectivity index (χ4v) is 3.41. The van der Waals surface area contributed by atoms with Crippen LogP contribution in [-0.2, 0) is 0 Å². The molecule has 2 heterocycles. The van der Waals surface area contributed by atoms with E-state index in [1.165, 1.54) is 18.6 Å². The smallest absolute Gasteiger partial charge is 0.226 e. The Balaban J connectivity index is 2.01. The molecule has 0 spiro atoms. The molecule has 1 aliphatic rings. The molecule has 5 heteroatoms. The van der Waals surface area contributed by atoms with Gasteiger partial charge in [-0.3, -0.25) is 0 Å². The summed E-state index contributed by atoms with van der Waals surface area (Å²) in [6.45, 7) is 9.18. The largest absolute Gasteiger partial charge is 0.475 e. The molecule has 19 heavy (non-hydrogen) atoms. The first-order valence-electron chi connectivity index (χ1n) is 6.87. The minimum Gasteiger partial charge on any atom is -0.475 e. The molecule has 1 aliphatic heterocycles. The van der Waals surface area contributed by atoms with Gasteiger partial charge >= 0.3 is 0 Å². The van der Waals surface area contributed by atoms with E-state index in [2.05, 4.69) is 22.2 Å². The van der Waals surface area contributed by atoms with Gasteiger partial charge in [0, 0.05) is 23.1 Å². The van der Waals surface area contributed by atoms with Crippen LogP contribution in [0.5, 0.6) is 5.88 Å². The lowest BCUT2D eigenvalue weighted by Gasteiger charge is -2.23. The van der Waals surface area contributed by atoms with Crippen LogP contribution in [0, 0.1) is 6.92 Å². The SMILES string of the molecule is Cc1cc(OC(C)C)nc(NCC2(C)CCCS2)n1. The maximum Gasteiger partial charge on any atom is 0.226 e. The number of rotatable bonds is 5. The molecule has 1 atom stereocenters. The molecule has 1 aromatic rings. The number of anilines is 1. The molecule has 1 aromatic heterocycles. The van der Waals surface area contributed by atoms with E-state index in [1.54, 1.807) is 0 Å². The topological polar surface area (TPSA) is 47.0 Å². The van der Waals surface area contributed by atoms with Crippen LogP contribution in [-0.4, -0.2) is 33.1 Å². The van der Waals surface area contributed by atoms with Gasteiger partial charge in [-0.25, -0.2) is 4.98 Å². The highest BCUT2D eigenvalue weighted by Gasteiger charge is 2.29. The van der Waals surface area contributed by atoms with Crippen molar-refractivity contribution in [1.82, 2.24) is 9.97 Å². The molecule has 4 nitrogen and oxygen atoms in total. The van der Waals surface area contributed by atoms with Crippen molar-refractivity contribution in [3.8, 4) is 5.88 Å². The van der Waals surface area contributed by atoms with Crippen molar-refractivity contribution < 1.29 is 4.74 Å². The maximum atomic E-state index is 5.64. The minimum atomic E-state index is 0.130. The number of aromatic nitrogens is 2. The number of ether oxygens (including phenoxy) is 1. The van der Waals surface area contributed by atoms with Crippen LogP contribution < -0.4 is 10.1 Å². The summed E-state index contributed by atoms with van der Waals surface area (Å²) in [7, 11) is 0. The summed E-state index contributed by atoms with van der Waals surface area (Å²) < 4.78 is 5.95. The van der Waals surface area contributed by atoms with Gasteiger partial charge in [-0.05, 0) is 46.3 Å². The zero-order valence-corrected chi connectivity index (χ0v) is 13.0. The molecule has 0 aliphatic carbocycles. The summed E-state index contributed by atoms with van der Waals surface area (Å²) in [5, 5.41) is 3.36. The van der Waals surface area contributed by atoms with Gasteiger partial charge in [0.2, 0.25) is 11.8 Å². The Kier molecular flexibility index (Phi) is 4.55. The number of hydrogen-bond donors (Lipinski definition) is 1. The zero-order valence-electron chi connectivity index (χ0n) is 12.2. The van der Waals surface area contributed by atoms with Crippen molar-refractivity contribution in [2.75, 3.05) is 17.6 Å². The summed E-state index contributed by atoms with van der Waals surface area (Å²) >= 11 is 2.03. The highest BCUT2D eigenvalue weighted by atomic mass is 32.2. The van der Waals surface area contributed by atoms with Crippen LogP contribution in [0.4, 0.5) is 5.95 Å². The molecule has 1 fully saturated rings. The fourth-order valence-electron chi connectivity index (χ4n) is 2.16. The second-order valence-electron chi connectivity index (χ2n) is 5.59. The Hall–Kier alpha value is -0.970. The van der Waals surface area contributed by atoms with Gasteiger partial charge in [-0.2, -0.15) is 16.7 Å². The zero-order chi connectivity index (χ0) is 13.9. The molecule has 0 saturated carbocycles. The molecule has 2 rings (SSSR count). The van der Waals surface area contributed by atoms with Gasteiger partial charge in [0.05, 0.1) is 6.10 Å². The van der Waals surface area contributed by atoms with Crippen LogP contribution in [0.3, 0.4) is 0 Å². The monoisotopic (exact) mass is 281 g/mol. The van der Waals surface area contributed by atoms with E-state index in [-0.39, 0.29) is 6.10 Å². The Labute approximate surface area is 119 Å². The number of aryl methyl sites for hydroxylation is 1. The second kappa shape index (κ2) is 5.99. The number of hydrogen-bond acceptors (Lipinski definition) is 5. The average molecular weight is 281 g/mol. The fraction of sp³-hybridized carbons (Fsp3) is 0.714. The van der Waals surface area contributed by atoms with E-state index in [1.807, 2.05) is 38.6 Å². The molecule has 106 valence electrons. The predicted octanol–water partition coefficient (Wildman–Crippen LogP) is 3.27. The van der Waals surface area contributed by atoms with E-state index in [9.17, 15) is 0 Å².